The van der Waals surface area contributed by atoms with Crippen LogP contribution in [-0.2, 0) is 11.2 Å². The molecule has 1 heterocycles. The fraction of sp³-hybridized carbons (Fsp3) is 0.333. The van der Waals surface area contributed by atoms with Gasteiger partial charge in [-0.3, -0.25) is 0 Å². The Morgan fingerprint density at radius 1 is 1.10 bits per heavy atom. The van der Waals surface area contributed by atoms with Gasteiger partial charge >= 0.3 is 0 Å². The molecule has 0 amide bonds. The molecule has 0 saturated heterocycles. The summed E-state index contributed by atoms with van der Waals surface area (Å²) in [7, 11) is 0. The first-order valence-electron chi connectivity index (χ1n) is 7.13. The third-order valence-corrected chi connectivity index (χ3v) is 3.69. The molecule has 1 atom stereocenters. The smallest absolute Gasteiger partial charge is 0.119 e. The van der Waals surface area contributed by atoms with Gasteiger partial charge in [-0.25, -0.2) is 0 Å². The fourth-order valence-corrected chi connectivity index (χ4v) is 2.80. The maximum atomic E-state index is 5.94. The summed E-state index contributed by atoms with van der Waals surface area (Å²) in [6, 6.07) is 14.8. The van der Waals surface area contributed by atoms with Gasteiger partial charge in [0.2, 0.25) is 0 Å². The van der Waals surface area contributed by atoms with Gasteiger partial charge in [0.1, 0.15) is 18.5 Å². The summed E-state index contributed by atoms with van der Waals surface area (Å²) in [6.07, 6.45) is 1.04. The zero-order valence-corrected chi connectivity index (χ0v) is 12.1. The van der Waals surface area contributed by atoms with Crippen molar-refractivity contribution in [1.82, 2.24) is 0 Å². The van der Waals surface area contributed by atoms with Crippen molar-refractivity contribution in [1.29, 1.82) is 0 Å². The highest BCUT2D eigenvalue weighted by atomic mass is 16.5. The second kappa shape index (κ2) is 5.68. The molecule has 2 aromatic rings. The molecule has 2 heteroatoms. The van der Waals surface area contributed by atoms with Crippen molar-refractivity contribution >= 4 is 0 Å². The van der Waals surface area contributed by atoms with E-state index >= 15 is 0 Å². The van der Waals surface area contributed by atoms with Crippen LogP contribution in [0.4, 0.5) is 0 Å². The van der Waals surface area contributed by atoms with E-state index in [1.54, 1.807) is 0 Å². The van der Waals surface area contributed by atoms with E-state index < -0.39 is 0 Å². The molecular formula is C18H20O2. The SMILES string of the molecule is Cc1cc(C)cc(OCC2OCCc3ccccc32)c1. The van der Waals surface area contributed by atoms with E-state index in [-0.39, 0.29) is 6.10 Å². The molecule has 0 aliphatic carbocycles. The van der Waals surface area contributed by atoms with Gasteiger partial charge in [-0.1, -0.05) is 30.3 Å². The highest BCUT2D eigenvalue weighted by Crippen LogP contribution is 2.28. The molecule has 0 aromatic heterocycles. The van der Waals surface area contributed by atoms with Gasteiger partial charge in [0.25, 0.3) is 0 Å². The Morgan fingerprint density at radius 2 is 1.85 bits per heavy atom. The normalized spacial score (nSPS) is 17.6. The average Bonchev–Trinajstić information content (AvgIpc) is 2.44. The Hall–Kier alpha value is -1.80. The summed E-state index contributed by atoms with van der Waals surface area (Å²) in [4.78, 5) is 0. The van der Waals surface area contributed by atoms with Crippen molar-refractivity contribution in [2.24, 2.45) is 0 Å². The summed E-state index contributed by atoms with van der Waals surface area (Å²) in [5.41, 5.74) is 5.10. The molecule has 3 rings (SSSR count). The van der Waals surface area contributed by atoms with Crippen molar-refractivity contribution in [2.75, 3.05) is 13.2 Å². The van der Waals surface area contributed by atoms with E-state index in [1.807, 2.05) is 0 Å². The van der Waals surface area contributed by atoms with Crippen molar-refractivity contribution in [3.05, 3.63) is 64.7 Å². The van der Waals surface area contributed by atoms with Gasteiger partial charge in [-0.05, 0) is 54.7 Å². The molecule has 1 aliphatic heterocycles. The molecular weight excluding hydrogens is 248 g/mol. The van der Waals surface area contributed by atoms with Crippen LogP contribution >= 0.6 is 0 Å². The van der Waals surface area contributed by atoms with Crippen LogP contribution in [0, 0.1) is 13.8 Å². The number of hydrogen-bond donors (Lipinski definition) is 0. The largest absolute Gasteiger partial charge is 0.491 e. The molecule has 0 bridgehead atoms. The summed E-state index contributed by atoms with van der Waals surface area (Å²) >= 11 is 0. The standard InChI is InChI=1S/C18H20O2/c1-13-9-14(2)11-16(10-13)20-12-18-17-6-4-3-5-15(17)7-8-19-18/h3-6,9-11,18H,7-8,12H2,1-2H3. The monoisotopic (exact) mass is 268 g/mol. The Balaban J connectivity index is 1.73. The van der Waals surface area contributed by atoms with E-state index in [2.05, 4.69) is 56.3 Å². The first kappa shape index (κ1) is 13.2. The highest BCUT2D eigenvalue weighted by molar-refractivity contribution is 5.34. The van der Waals surface area contributed by atoms with E-state index in [1.165, 1.54) is 22.3 Å². The second-order valence-corrected chi connectivity index (χ2v) is 5.44. The maximum Gasteiger partial charge on any atom is 0.119 e. The molecule has 0 saturated carbocycles. The molecule has 2 nitrogen and oxygen atoms in total. The molecule has 104 valence electrons. The lowest BCUT2D eigenvalue weighted by Gasteiger charge is -2.26. The van der Waals surface area contributed by atoms with Crippen LogP contribution in [0.2, 0.25) is 0 Å². The zero-order chi connectivity index (χ0) is 13.9. The third kappa shape index (κ3) is 2.86. The predicted molar refractivity (Wildman–Crippen MR) is 80.3 cm³/mol. The summed E-state index contributed by atoms with van der Waals surface area (Å²) in [5.74, 6) is 0.925. The van der Waals surface area contributed by atoms with Crippen LogP contribution in [0.15, 0.2) is 42.5 Å². The Kier molecular flexibility index (Phi) is 3.75. The lowest BCUT2D eigenvalue weighted by atomic mass is 9.98. The first-order valence-corrected chi connectivity index (χ1v) is 7.13. The van der Waals surface area contributed by atoms with Gasteiger partial charge in [0.15, 0.2) is 0 Å². The van der Waals surface area contributed by atoms with Gasteiger partial charge in [-0.15, -0.1) is 0 Å². The second-order valence-electron chi connectivity index (χ2n) is 5.44. The lowest BCUT2D eigenvalue weighted by molar-refractivity contribution is 0.0102. The zero-order valence-electron chi connectivity index (χ0n) is 12.1. The summed E-state index contributed by atoms with van der Waals surface area (Å²) in [5, 5.41) is 0. The van der Waals surface area contributed by atoms with E-state index in [4.69, 9.17) is 9.47 Å². The minimum atomic E-state index is 0.0424. The molecule has 20 heavy (non-hydrogen) atoms. The summed E-state index contributed by atoms with van der Waals surface area (Å²) < 4.78 is 11.8. The molecule has 0 N–H and O–H groups in total. The molecule has 1 aliphatic rings. The van der Waals surface area contributed by atoms with Crippen LogP contribution in [0.25, 0.3) is 0 Å². The van der Waals surface area contributed by atoms with Crippen LogP contribution < -0.4 is 4.74 Å². The highest BCUT2D eigenvalue weighted by Gasteiger charge is 2.20. The van der Waals surface area contributed by atoms with Gasteiger partial charge in [0, 0.05) is 0 Å². The topological polar surface area (TPSA) is 18.5 Å². The number of aryl methyl sites for hydroxylation is 2. The molecule has 1 unspecified atom stereocenters. The molecule has 0 radical (unpaired) electrons. The number of fused-ring (bicyclic) bond motifs is 1. The Morgan fingerprint density at radius 3 is 2.65 bits per heavy atom. The van der Waals surface area contributed by atoms with Crippen molar-refractivity contribution in [2.45, 2.75) is 26.4 Å². The van der Waals surface area contributed by atoms with Crippen LogP contribution in [-0.4, -0.2) is 13.2 Å². The van der Waals surface area contributed by atoms with Crippen LogP contribution in [0.5, 0.6) is 5.75 Å². The Labute approximate surface area is 120 Å². The van der Waals surface area contributed by atoms with E-state index in [9.17, 15) is 0 Å². The number of ether oxygens (including phenoxy) is 2. The quantitative estimate of drug-likeness (QED) is 0.837. The van der Waals surface area contributed by atoms with Gasteiger partial charge in [-0.2, -0.15) is 0 Å². The first-order chi connectivity index (χ1) is 9.72. The average molecular weight is 268 g/mol. The van der Waals surface area contributed by atoms with Crippen LogP contribution in [0.1, 0.15) is 28.4 Å². The van der Waals surface area contributed by atoms with Gasteiger partial charge in [0.05, 0.1) is 6.61 Å². The minimum absolute atomic E-state index is 0.0424. The summed E-state index contributed by atoms with van der Waals surface area (Å²) in [6.45, 7) is 5.52. The third-order valence-electron chi connectivity index (χ3n) is 3.69. The van der Waals surface area contributed by atoms with Crippen LogP contribution in [0.3, 0.4) is 0 Å². The maximum absolute atomic E-state index is 5.94. The fourth-order valence-electron chi connectivity index (χ4n) is 2.80. The molecule has 2 aromatic carbocycles. The number of benzene rings is 2. The predicted octanol–water partition coefficient (Wildman–Crippen LogP) is 4.00. The number of hydrogen-bond acceptors (Lipinski definition) is 2. The van der Waals surface area contributed by atoms with Crippen molar-refractivity contribution < 1.29 is 9.47 Å². The van der Waals surface area contributed by atoms with E-state index in [0.29, 0.717) is 6.61 Å². The Bertz CT molecular complexity index is 584. The minimum Gasteiger partial charge on any atom is -0.491 e. The van der Waals surface area contributed by atoms with E-state index in [0.717, 1.165) is 18.8 Å². The lowest BCUT2D eigenvalue weighted by Crippen LogP contribution is -2.21. The van der Waals surface area contributed by atoms with Crippen molar-refractivity contribution in [3.63, 3.8) is 0 Å². The molecule has 0 fully saturated rings. The van der Waals surface area contributed by atoms with Gasteiger partial charge < -0.3 is 9.47 Å². The molecule has 0 spiro atoms. The van der Waals surface area contributed by atoms with Crippen molar-refractivity contribution in [3.8, 4) is 5.75 Å². The number of rotatable bonds is 3.